The molecule has 0 radical (unpaired) electrons. The first-order chi connectivity index (χ1) is 10.5. The Morgan fingerprint density at radius 1 is 1.36 bits per heavy atom. The number of aromatic nitrogens is 2. The van der Waals surface area contributed by atoms with Crippen LogP contribution in [0.25, 0.3) is 5.69 Å². The Morgan fingerprint density at radius 2 is 2.05 bits per heavy atom. The van der Waals surface area contributed by atoms with Crippen LogP contribution in [0.5, 0.6) is 0 Å². The minimum Gasteiger partial charge on any atom is -0.481 e. The van der Waals surface area contributed by atoms with Gasteiger partial charge in [-0.1, -0.05) is 22.9 Å². The van der Waals surface area contributed by atoms with Crippen molar-refractivity contribution in [3.63, 3.8) is 0 Å². The number of amides is 1. The molecule has 2 aromatic rings. The maximum Gasteiger partial charge on any atom is 0.303 e. The third-order valence-electron chi connectivity index (χ3n) is 3.07. The molecule has 116 valence electrons. The Bertz CT molecular complexity index is 667. The van der Waals surface area contributed by atoms with Crippen molar-refractivity contribution < 1.29 is 14.7 Å². The van der Waals surface area contributed by atoms with E-state index in [0.717, 1.165) is 10.2 Å². The molecule has 1 atom stereocenters. The van der Waals surface area contributed by atoms with Crippen LogP contribution in [0.1, 0.15) is 23.8 Å². The topological polar surface area (TPSA) is 84.2 Å². The summed E-state index contributed by atoms with van der Waals surface area (Å²) in [6.07, 6.45) is 3.23. The van der Waals surface area contributed by atoms with Crippen LogP contribution in [0.3, 0.4) is 0 Å². The number of halogens is 1. The molecule has 0 saturated carbocycles. The summed E-state index contributed by atoms with van der Waals surface area (Å²) < 4.78 is 2.73. The quantitative estimate of drug-likeness (QED) is 0.823. The van der Waals surface area contributed by atoms with Gasteiger partial charge >= 0.3 is 5.97 Å². The molecule has 0 aliphatic heterocycles. The van der Waals surface area contributed by atoms with Crippen molar-refractivity contribution in [2.24, 2.45) is 5.92 Å². The van der Waals surface area contributed by atoms with Crippen molar-refractivity contribution in [1.82, 2.24) is 14.9 Å². The van der Waals surface area contributed by atoms with Gasteiger partial charge in [0.25, 0.3) is 5.91 Å². The summed E-state index contributed by atoms with van der Waals surface area (Å²) in [6, 6.07) is 7.62. The third kappa shape index (κ3) is 4.42. The lowest BCUT2D eigenvalue weighted by Crippen LogP contribution is -2.29. The van der Waals surface area contributed by atoms with Crippen LogP contribution in [0.15, 0.2) is 41.3 Å². The zero-order chi connectivity index (χ0) is 16.1. The maximum atomic E-state index is 12.0. The Kier molecular flexibility index (Phi) is 5.32. The molecule has 1 aromatic heterocycles. The van der Waals surface area contributed by atoms with E-state index in [0.29, 0.717) is 12.2 Å². The van der Waals surface area contributed by atoms with Gasteiger partial charge in [0.1, 0.15) is 12.0 Å². The molecule has 0 fully saturated rings. The molecule has 22 heavy (non-hydrogen) atoms. The Hall–Kier alpha value is -2.15. The summed E-state index contributed by atoms with van der Waals surface area (Å²) in [6.45, 7) is 2.07. The highest BCUT2D eigenvalue weighted by molar-refractivity contribution is 9.10. The summed E-state index contributed by atoms with van der Waals surface area (Å²) in [7, 11) is 0. The Morgan fingerprint density at radius 3 is 2.68 bits per heavy atom. The monoisotopic (exact) mass is 365 g/mol. The van der Waals surface area contributed by atoms with Gasteiger partial charge in [-0.3, -0.25) is 9.59 Å². The number of carbonyl (C=O) groups excluding carboxylic acids is 1. The summed E-state index contributed by atoms with van der Waals surface area (Å²) in [4.78, 5) is 26.6. The largest absolute Gasteiger partial charge is 0.481 e. The van der Waals surface area contributed by atoms with Gasteiger partial charge in [-0.15, -0.1) is 0 Å². The SMILES string of the molecule is CC(CNC(=O)c1cn(-c2ccc(Br)cc2)cn1)CC(=O)O. The number of aliphatic carboxylic acids is 1. The van der Waals surface area contributed by atoms with Gasteiger partial charge in [-0.2, -0.15) is 0 Å². The Balaban J connectivity index is 1.97. The molecule has 1 aromatic carbocycles. The van der Waals surface area contributed by atoms with Gasteiger partial charge in [0.2, 0.25) is 0 Å². The van der Waals surface area contributed by atoms with Crippen LogP contribution in [-0.4, -0.2) is 33.1 Å². The number of nitrogens with zero attached hydrogens (tertiary/aromatic N) is 2. The Labute approximate surface area is 136 Å². The molecule has 0 saturated heterocycles. The molecular formula is C15H16BrN3O3. The second kappa shape index (κ2) is 7.22. The van der Waals surface area contributed by atoms with E-state index in [4.69, 9.17) is 5.11 Å². The highest BCUT2D eigenvalue weighted by Gasteiger charge is 2.13. The van der Waals surface area contributed by atoms with Crippen LogP contribution < -0.4 is 5.32 Å². The fourth-order valence-corrected chi connectivity index (χ4v) is 2.19. The smallest absolute Gasteiger partial charge is 0.303 e. The van der Waals surface area contributed by atoms with Crippen LogP contribution in [0, 0.1) is 5.92 Å². The molecule has 0 aliphatic carbocycles. The zero-order valence-corrected chi connectivity index (χ0v) is 13.6. The molecule has 0 bridgehead atoms. The van der Waals surface area contributed by atoms with Crippen molar-refractivity contribution in [2.75, 3.05) is 6.54 Å². The average molecular weight is 366 g/mol. The predicted molar refractivity (Wildman–Crippen MR) is 85.0 cm³/mol. The molecule has 7 heteroatoms. The lowest BCUT2D eigenvalue weighted by Gasteiger charge is -2.09. The number of hydrogen-bond donors (Lipinski definition) is 2. The van der Waals surface area contributed by atoms with E-state index >= 15 is 0 Å². The molecule has 1 unspecified atom stereocenters. The van der Waals surface area contributed by atoms with Crippen LogP contribution in [0.2, 0.25) is 0 Å². The van der Waals surface area contributed by atoms with E-state index in [1.54, 1.807) is 24.0 Å². The number of hydrogen-bond acceptors (Lipinski definition) is 3. The van der Waals surface area contributed by atoms with Gasteiger partial charge in [0.05, 0.1) is 0 Å². The maximum absolute atomic E-state index is 12.0. The van der Waals surface area contributed by atoms with Crippen molar-refractivity contribution in [3.8, 4) is 5.69 Å². The van der Waals surface area contributed by atoms with Gasteiger partial charge in [0, 0.05) is 29.3 Å². The average Bonchev–Trinajstić information content (AvgIpc) is 2.94. The molecule has 2 rings (SSSR count). The summed E-state index contributed by atoms with van der Waals surface area (Å²) in [5, 5.41) is 11.4. The van der Waals surface area contributed by atoms with Crippen molar-refractivity contribution in [1.29, 1.82) is 0 Å². The number of carboxylic acid groups (broad SMARTS) is 1. The van der Waals surface area contributed by atoms with Crippen LogP contribution in [0.4, 0.5) is 0 Å². The first kappa shape index (κ1) is 16.2. The summed E-state index contributed by atoms with van der Waals surface area (Å²) in [5.41, 5.74) is 1.19. The van der Waals surface area contributed by atoms with Crippen molar-refractivity contribution in [2.45, 2.75) is 13.3 Å². The summed E-state index contributed by atoms with van der Waals surface area (Å²) in [5.74, 6) is -1.32. The number of carboxylic acids is 1. The van der Waals surface area contributed by atoms with Crippen LogP contribution in [-0.2, 0) is 4.79 Å². The number of nitrogens with one attached hydrogen (secondary N) is 1. The van der Waals surface area contributed by atoms with E-state index in [2.05, 4.69) is 26.2 Å². The molecule has 0 aliphatic rings. The summed E-state index contributed by atoms with van der Waals surface area (Å²) >= 11 is 3.37. The van der Waals surface area contributed by atoms with Crippen molar-refractivity contribution >= 4 is 27.8 Å². The number of rotatable bonds is 6. The first-order valence-electron chi connectivity index (χ1n) is 6.75. The second-order valence-corrected chi connectivity index (χ2v) is 5.97. The van der Waals surface area contributed by atoms with E-state index in [1.807, 2.05) is 24.3 Å². The predicted octanol–water partition coefficient (Wildman–Crippen LogP) is 2.48. The molecule has 2 N–H and O–H groups in total. The number of imidazole rings is 1. The fraction of sp³-hybridized carbons (Fsp3) is 0.267. The molecular weight excluding hydrogens is 350 g/mol. The lowest BCUT2D eigenvalue weighted by molar-refractivity contribution is -0.137. The molecule has 0 spiro atoms. The fourth-order valence-electron chi connectivity index (χ4n) is 1.92. The van der Waals surface area contributed by atoms with Crippen molar-refractivity contribution in [3.05, 3.63) is 47.0 Å². The van der Waals surface area contributed by atoms with Gasteiger partial charge < -0.3 is 15.0 Å². The van der Waals surface area contributed by atoms with Gasteiger partial charge in [0.15, 0.2) is 0 Å². The van der Waals surface area contributed by atoms with E-state index in [9.17, 15) is 9.59 Å². The minimum absolute atomic E-state index is 0.0214. The normalized spacial score (nSPS) is 11.9. The van der Waals surface area contributed by atoms with Crippen LogP contribution >= 0.6 is 15.9 Å². The van der Waals surface area contributed by atoms with Gasteiger partial charge in [-0.05, 0) is 30.2 Å². The highest BCUT2D eigenvalue weighted by atomic mass is 79.9. The highest BCUT2D eigenvalue weighted by Crippen LogP contribution is 2.14. The molecule has 1 heterocycles. The minimum atomic E-state index is -0.874. The molecule has 1 amide bonds. The lowest BCUT2D eigenvalue weighted by atomic mass is 10.1. The zero-order valence-electron chi connectivity index (χ0n) is 12.0. The standard InChI is InChI=1S/C15H16BrN3O3/c1-10(6-14(20)21)7-17-15(22)13-8-19(9-18-13)12-4-2-11(16)3-5-12/h2-5,8-10H,6-7H2,1H3,(H,17,22)(H,20,21). The first-order valence-corrected chi connectivity index (χ1v) is 7.55. The van der Waals surface area contributed by atoms with Gasteiger partial charge in [-0.25, -0.2) is 4.98 Å². The molecule has 6 nitrogen and oxygen atoms in total. The number of benzene rings is 1. The number of carbonyl (C=O) groups is 2. The van der Waals surface area contributed by atoms with E-state index in [1.165, 1.54) is 0 Å². The van der Waals surface area contributed by atoms with E-state index in [-0.39, 0.29) is 18.2 Å². The van der Waals surface area contributed by atoms with E-state index < -0.39 is 5.97 Å². The second-order valence-electron chi connectivity index (χ2n) is 5.06. The third-order valence-corrected chi connectivity index (χ3v) is 3.60.